The number of allylic oxidation sites excluding steroid dienone is 1. The lowest BCUT2D eigenvalue weighted by Gasteiger charge is -2.17. The Hall–Kier alpha value is -1.34. The second kappa shape index (κ2) is 5.11. The Balaban J connectivity index is 2.94. The predicted molar refractivity (Wildman–Crippen MR) is 59.2 cm³/mol. The van der Waals surface area contributed by atoms with E-state index in [2.05, 4.69) is 10.9 Å². The number of halogens is 3. The van der Waals surface area contributed by atoms with Gasteiger partial charge < -0.3 is 4.74 Å². The summed E-state index contributed by atoms with van der Waals surface area (Å²) >= 11 is 0. The van der Waals surface area contributed by atoms with Crippen LogP contribution in [-0.4, -0.2) is 24.4 Å². The summed E-state index contributed by atoms with van der Waals surface area (Å²) in [6, 6.07) is 0. The number of esters is 1. The van der Waals surface area contributed by atoms with Crippen molar-refractivity contribution in [3.05, 3.63) is 23.3 Å². The fourth-order valence-corrected chi connectivity index (χ4v) is 1.46. The molecule has 0 bridgehead atoms. The highest BCUT2D eigenvalue weighted by atomic mass is 19.4. The number of nitrogens with one attached hydrogen (secondary N) is 2. The van der Waals surface area contributed by atoms with E-state index in [0.717, 1.165) is 0 Å². The molecule has 0 unspecified atom stereocenters. The molecule has 102 valence electrons. The van der Waals surface area contributed by atoms with Gasteiger partial charge in [-0.2, -0.15) is 13.2 Å². The Morgan fingerprint density at radius 2 is 1.94 bits per heavy atom. The Labute approximate surface area is 103 Å². The van der Waals surface area contributed by atoms with Crippen LogP contribution in [0, 0.1) is 0 Å². The average Bonchev–Trinajstić information content (AvgIpc) is 3.06. The van der Waals surface area contributed by atoms with Crippen molar-refractivity contribution in [1.29, 1.82) is 0 Å². The number of carbonyl (C=O) groups excluding carboxylic acids is 1. The average molecular weight is 264 g/mol. The van der Waals surface area contributed by atoms with Crippen molar-refractivity contribution in [2.24, 2.45) is 0 Å². The van der Waals surface area contributed by atoms with Crippen LogP contribution < -0.4 is 10.9 Å². The topological polar surface area (TPSA) is 70.2 Å². The third-order valence-corrected chi connectivity index (χ3v) is 2.51. The van der Waals surface area contributed by atoms with Crippen molar-refractivity contribution < 1.29 is 22.7 Å². The number of ether oxygens (including phenoxy) is 1. The summed E-state index contributed by atoms with van der Waals surface area (Å²) in [6.45, 7) is 4.69. The summed E-state index contributed by atoms with van der Waals surface area (Å²) < 4.78 is 43.2. The Morgan fingerprint density at radius 3 is 2.28 bits per heavy atom. The van der Waals surface area contributed by atoms with Crippen LogP contribution in [0.5, 0.6) is 0 Å². The summed E-state index contributed by atoms with van der Waals surface area (Å²) in [5.74, 6) is -0.630. The Bertz CT molecular complexity index is 396. The first-order valence-electron chi connectivity index (χ1n) is 5.41. The molecule has 0 aromatic carbocycles. The first-order chi connectivity index (χ1) is 8.28. The highest BCUT2D eigenvalue weighted by Gasteiger charge is 2.65. The normalized spacial score (nSPS) is 19.7. The lowest BCUT2D eigenvalue weighted by Crippen LogP contribution is -2.39. The molecule has 1 saturated heterocycles. The molecule has 1 aliphatic heterocycles. The molecule has 1 fully saturated rings. The van der Waals surface area contributed by atoms with Crippen molar-refractivity contribution >= 4 is 5.97 Å². The maximum atomic E-state index is 12.8. The Morgan fingerprint density at radius 1 is 1.39 bits per heavy atom. The molecule has 2 N–H and O–H groups in total. The van der Waals surface area contributed by atoms with Crippen molar-refractivity contribution in [2.45, 2.75) is 32.6 Å². The van der Waals surface area contributed by atoms with Gasteiger partial charge in [-0.15, -0.1) is 0 Å². The van der Waals surface area contributed by atoms with Gasteiger partial charge in [-0.05, 0) is 32.4 Å². The van der Waals surface area contributed by atoms with E-state index in [9.17, 15) is 18.0 Å². The van der Waals surface area contributed by atoms with Crippen LogP contribution in [-0.2, 0) is 9.53 Å². The van der Waals surface area contributed by atoms with Gasteiger partial charge in [-0.1, -0.05) is 6.08 Å². The van der Waals surface area contributed by atoms with Gasteiger partial charge in [0, 0.05) is 5.57 Å². The molecule has 0 spiro atoms. The van der Waals surface area contributed by atoms with E-state index < -0.39 is 17.8 Å². The lowest BCUT2D eigenvalue weighted by atomic mass is 10.0. The highest BCUT2D eigenvalue weighted by molar-refractivity contribution is 5.88. The van der Waals surface area contributed by atoms with Gasteiger partial charge in [0.25, 0.3) is 0 Å². The minimum Gasteiger partial charge on any atom is -0.463 e. The SMILES string of the molecule is CC=C(C=C(C)C(=O)OCC)C1(C(F)(F)F)NN1. The third-order valence-electron chi connectivity index (χ3n) is 2.51. The van der Waals surface area contributed by atoms with E-state index in [1.807, 2.05) is 0 Å². The van der Waals surface area contributed by atoms with Gasteiger partial charge >= 0.3 is 12.1 Å². The van der Waals surface area contributed by atoms with E-state index in [1.54, 1.807) is 6.92 Å². The largest absolute Gasteiger partial charge is 0.463 e. The first kappa shape index (κ1) is 14.7. The monoisotopic (exact) mass is 264 g/mol. The maximum Gasteiger partial charge on any atom is 0.426 e. The fourth-order valence-electron chi connectivity index (χ4n) is 1.46. The highest BCUT2D eigenvalue weighted by Crippen LogP contribution is 2.40. The van der Waals surface area contributed by atoms with Gasteiger partial charge in [0.05, 0.1) is 6.61 Å². The van der Waals surface area contributed by atoms with E-state index in [4.69, 9.17) is 4.74 Å². The van der Waals surface area contributed by atoms with Gasteiger partial charge in [-0.25, -0.2) is 15.6 Å². The molecule has 0 saturated carbocycles. The second-order valence-corrected chi connectivity index (χ2v) is 3.79. The van der Waals surface area contributed by atoms with Crippen LogP contribution in [0.3, 0.4) is 0 Å². The zero-order valence-electron chi connectivity index (χ0n) is 10.3. The minimum atomic E-state index is -4.49. The zero-order chi connectivity index (χ0) is 14.0. The summed E-state index contributed by atoms with van der Waals surface area (Å²) in [5.41, 5.74) is 1.94. The van der Waals surface area contributed by atoms with E-state index in [1.165, 1.54) is 26.0 Å². The van der Waals surface area contributed by atoms with Crippen LogP contribution >= 0.6 is 0 Å². The summed E-state index contributed by atoms with van der Waals surface area (Å²) in [5, 5.41) is 0. The molecule has 0 aromatic rings. The molecule has 1 aliphatic rings. The number of hydrazine groups is 1. The number of carbonyl (C=O) groups is 1. The first-order valence-corrected chi connectivity index (χ1v) is 5.41. The van der Waals surface area contributed by atoms with E-state index in [-0.39, 0.29) is 17.8 Å². The van der Waals surface area contributed by atoms with Crippen LogP contribution in [0.1, 0.15) is 20.8 Å². The molecule has 18 heavy (non-hydrogen) atoms. The van der Waals surface area contributed by atoms with Crippen molar-refractivity contribution in [1.82, 2.24) is 10.9 Å². The molecule has 1 heterocycles. The molecule has 0 aliphatic carbocycles. The van der Waals surface area contributed by atoms with E-state index in [0.29, 0.717) is 0 Å². The lowest BCUT2D eigenvalue weighted by molar-refractivity contribution is -0.152. The number of hydrogen-bond acceptors (Lipinski definition) is 4. The molecule has 4 nitrogen and oxygen atoms in total. The molecule has 0 aromatic heterocycles. The van der Waals surface area contributed by atoms with E-state index >= 15 is 0 Å². The van der Waals surface area contributed by atoms with Gasteiger partial charge in [0.1, 0.15) is 0 Å². The van der Waals surface area contributed by atoms with Gasteiger partial charge in [0.15, 0.2) is 0 Å². The predicted octanol–water partition coefficient (Wildman–Crippen LogP) is 1.81. The number of rotatable bonds is 4. The van der Waals surface area contributed by atoms with Gasteiger partial charge in [-0.3, -0.25) is 0 Å². The molecule has 0 amide bonds. The quantitative estimate of drug-likeness (QED) is 0.351. The van der Waals surface area contributed by atoms with Crippen molar-refractivity contribution in [3.63, 3.8) is 0 Å². The van der Waals surface area contributed by atoms with Crippen LogP contribution in [0.2, 0.25) is 0 Å². The Kier molecular flexibility index (Phi) is 4.18. The second-order valence-electron chi connectivity index (χ2n) is 3.79. The molecule has 0 radical (unpaired) electrons. The zero-order valence-corrected chi connectivity index (χ0v) is 10.3. The standard InChI is InChI=1S/C11H15F3N2O2/c1-4-8(6-7(3)9(17)18-5-2)10(15-16-10)11(12,13)14/h4,6,15-16H,5H2,1-3H3. The summed E-state index contributed by atoms with van der Waals surface area (Å²) in [6.07, 6.45) is -2.03. The van der Waals surface area contributed by atoms with Crippen molar-refractivity contribution in [3.8, 4) is 0 Å². The van der Waals surface area contributed by atoms with Crippen LogP contribution in [0.25, 0.3) is 0 Å². The van der Waals surface area contributed by atoms with Crippen molar-refractivity contribution in [2.75, 3.05) is 6.61 Å². The maximum absolute atomic E-state index is 12.8. The number of alkyl halides is 3. The minimum absolute atomic E-state index is 0.0689. The van der Waals surface area contributed by atoms with Crippen LogP contribution in [0.4, 0.5) is 13.2 Å². The summed E-state index contributed by atoms with van der Waals surface area (Å²) in [7, 11) is 0. The molecular formula is C11H15F3N2O2. The molecule has 7 heteroatoms. The smallest absolute Gasteiger partial charge is 0.426 e. The fraction of sp³-hybridized carbons (Fsp3) is 0.545. The molecular weight excluding hydrogens is 249 g/mol. The van der Waals surface area contributed by atoms with Gasteiger partial charge in [0.2, 0.25) is 5.66 Å². The third kappa shape index (κ3) is 2.73. The number of hydrogen-bond donors (Lipinski definition) is 2. The van der Waals surface area contributed by atoms with Crippen LogP contribution in [0.15, 0.2) is 23.3 Å². The molecule has 0 atom stereocenters. The summed E-state index contributed by atoms with van der Waals surface area (Å²) in [4.78, 5) is 11.4. The molecule has 1 rings (SSSR count).